The van der Waals surface area contributed by atoms with E-state index < -0.39 is 0 Å². The highest BCUT2D eigenvalue weighted by Crippen LogP contribution is 2.32. The predicted octanol–water partition coefficient (Wildman–Crippen LogP) is 4.11. The van der Waals surface area contributed by atoms with E-state index in [2.05, 4.69) is 57.0 Å². The summed E-state index contributed by atoms with van der Waals surface area (Å²) in [6.45, 7) is 13.6. The van der Waals surface area contributed by atoms with E-state index in [0.29, 0.717) is 23.3 Å². The summed E-state index contributed by atoms with van der Waals surface area (Å²) >= 11 is 0.952. The number of hydrogen-bond acceptors (Lipinski definition) is 5. The van der Waals surface area contributed by atoms with Crippen molar-refractivity contribution < 1.29 is 14.4 Å². The molecule has 2 atom stereocenters. The zero-order valence-corrected chi connectivity index (χ0v) is 20.6. The van der Waals surface area contributed by atoms with Gasteiger partial charge in [0.15, 0.2) is 0 Å². The van der Waals surface area contributed by atoms with Crippen LogP contribution in [0.2, 0.25) is 0 Å². The van der Waals surface area contributed by atoms with Gasteiger partial charge in [-0.15, -0.1) is 0 Å². The fourth-order valence-electron chi connectivity index (χ4n) is 4.41. The average Bonchev–Trinajstić information content (AvgIpc) is 2.94. The summed E-state index contributed by atoms with van der Waals surface area (Å²) in [5, 5.41) is 2.57. The minimum Gasteiger partial charge on any atom is -0.353 e. The van der Waals surface area contributed by atoms with E-state index in [4.69, 9.17) is 0 Å². The van der Waals surface area contributed by atoms with Crippen molar-refractivity contribution in [3.63, 3.8) is 0 Å². The fourth-order valence-corrected chi connectivity index (χ4v) is 5.28. The Bertz CT molecular complexity index is 879. The number of benzene rings is 1. The second-order valence-corrected chi connectivity index (χ2v) is 11.2. The monoisotopic (exact) mass is 457 g/mol. The maximum absolute atomic E-state index is 12.7. The average molecular weight is 458 g/mol. The summed E-state index contributed by atoms with van der Waals surface area (Å²) in [4.78, 5) is 41.2. The standard InChI is InChI=1S/C25H35N3O3S/c1-17-12-18(2)15-27(14-17)16-22(29)26-10-11-28-23(30)21(32-24(28)31)13-19-6-8-20(9-7-19)25(3,4)5/h6-9,13,17-18H,10-12,14-16H2,1-5H3,(H,26,29)/b21-13-. The van der Waals surface area contributed by atoms with Crippen molar-refractivity contribution in [1.29, 1.82) is 0 Å². The number of likely N-dealkylation sites (tertiary alicyclic amines) is 1. The third kappa shape index (κ3) is 6.45. The topological polar surface area (TPSA) is 69.7 Å². The Morgan fingerprint density at radius 2 is 1.75 bits per heavy atom. The van der Waals surface area contributed by atoms with E-state index in [1.165, 1.54) is 16.9 Å². The first-order valence-corrected chi connectivity index (χ1v) is 12.2. The number of nitrogens with zero attached hydrogens (tertiary/aromatic N) is 2. The number of piperidine rings is 1. The third-order valence-electron chi connectivity index (χ3n) is 5.92. The summed E-state index contributed by atoms with van der Waals surface area (Å²) in [7, 11) is 0. The first-order valence-electron chi connectivity index (χ1n) is 11.4. The highest BCUT2D eigenvalue weighted by atomic mass is 32.2. The molecule has 0 saturated carbocycles. The molecule has 3 rings (SSSR count). The molecule has 0 bridgehead atoms. The molecule has 1 aromatic carbocycles. The summed E-state index contributed by atoms with van der Waals surface area (Å²) in [5.74, 6) is 0.831. The zero-order chi connectivity index (χ0) is 23.5. The molecule has 32 heavy (non-hydrogen) atoms. The number of amides is 3. The second kappa shape index (κ2) is 10.2. The molecule has 3 amide bonds. The minimum absolute atomic E-state index is 0.0608. The second-order valence-electron chi connectivity index (χ2n) is 10.2. The molecule has 2 unspecified atom stereocenters. The number of imide groups is 1. The molecular formula is C25H35N3O3S. The van der Waals surface area contributed by atoms with Crippen LogP contribution in [0.15, 0.2) is 29.2 Å². The molecule has 1 N–H and O–H groups in total. The maximum atomic E-state index is 12.7. The van der Waals surface area contributed by atoms with Crippen LogP contribution < -0.4 is 5.32 Å². The smallest absolute Gasteiger partial charge is 0.293 e. The number of carbonyl (C=O) groups excluding carboxylic acids is 3. The highest BCUT2D eigenvalue weighted by molar-refractivity contribution is 8.18. The summed E-state index contributed by atoms with van der Waals surface area (Å²) < 4.78 is 0. The number of nitrogens with one attached hydrogen (secondary N) is 1. The van der Waals surface area contributed by atoms with Crippen LogP contribution in [0, 0.1) is 11.8 Å². The van der Waals surface area contributed by atoms with Gasteiger partial charge in [0.25, 0.3) is 11.1 Å². The molecule has 0 radical (unpaired) electrons. The van der Waals surface area contributed by atoms with Gasteiger partial charge in [-0.2, -0.15) is 0 Å². The van der Waals surface area contributed by atoms with Crippen LogP contribution in [0.3, 0.4) is 0 Å². The van der Waals surface area contributed by atoms with E-state index in [-0.39, 0.29) is 35.6 Å². The summed E-state index contributed by atoms with van der Waals surface area (Å²) in [6, 6.07) is 8.04. The van der Waals surface area contributed by atoms with Crippen molar-refractivity contribution >= 4 is 34.9 Å². The van der Waals surface area contributed by atoms with Gasteiger partial charge in [0.1, 0.15) is 0 Å². The number of hydrogen-bond donors (Lipinski definition) is 1. The first kappa shape index (κ1) is 24.5. The molecule has 2 fully saturated rings. The maximum Gasteiger partial charge on any atom is 0.293 e. The lowest BCUT2D eigenvalue weighted by atomic mass is 9.87. The third-order valence-corrected chi connectivity index (χ3v) is 6.82. The normalized spacial score (nSPS) is 23.8. The Hall–Kier alpha value is -2.12. The number of rotatable bonds is 6. The first-order chi connectivity index (χ1) is 15.0. The zero-order valence-electron chi connectivity index (χ0n) is 19.8. The lowest BCUT2D eigenvalue weighted by Gasteiger charge is -2.34. The molecule has 174 valence electrons. The Labute approximate surface area is 195 Å². The fraction of sp³-hybridized carbons (Fsp3) is 0.560. The van der Waals surface area contributed by atoms with Crippen molar-refractivity contribution in [2.45, 2.75) is 46.5 Å². The van der Waals surface area contributed by atoms with Gasteiger partial charge >= 0.3 is 0 Å². The van der Waals surface area contributed by atoms with Crippen LogP contribution in [0.1, 0.15) is 52.2 Å². The summed E-state index contributed by atoms with van der Waals surface area (Å²) in [6.07, 6.45) is 2.96. The molecule has 7 heteroatoms. The van der Waals surface area contributed by atoms with Gasteiger partial charge in [-0.3, -0.25) is 24.2 Å². The molecule has 1 aromatic rings. The van der Waals surface area contributed by atoms with Crippen molar-refractivity contribution in [3.8, 4) is 0 Å². The van der Waals surface area contributed by atoms with Gasteiger partial charge in [-0.1, -0.05) is 58.9 Å². The summed E-state index contributed by atoms with van der Waals surface area (Å²) in [5.41, 5.74) is 2.17. The number of carbonyl (C=O) groups is 3. The molecule has 0 spiro atoms. The van der Waals surface area contributed by atoms with Gasteiger partial charge in [0.2, 0.25) is 5.91 Å². The van der Waals surface area contributed by atoms with Crippen LogP contribution in [0.25, 0.3) is 6.08 Å². The van der Waals surface area contributed by atoms with E-state index in [1.54, 1.807) is 6.08 Å². The van der Waals surface area contributed by atoms with Crippen LogP contribution in [-0.4, -0.2) is 59.6 Å². The van der Waals surface area contributed by atoms with E-state index in [0.717, 1.165) is 30.4 Å². The molecular weight excluding hydrogens is 422 g/mol. The van der Waals surface area contributed by atoms with E-state index in [9.17, 15) is 14.4 Å². The molecule has 2 aliphatic rings. The van der Waals surface area contributed by atoms with E-state index in [1.807, 2.05) is 12.1 Å². The van der Waals surface area contributed by atoms with Crippen molar-refractivity contribution in [3.05, 3.63) is 40.3 Å². The van der Waals surface area contributed by atoms with Gasteiger partial charge < -0.3 is 5.32 Å². The highest BCUT2D eigenvalue weighted by Gasteiger charge is 2.34. The lowest BCUT2D eigenvalue weighted by Crippen LogP contribution is -2.46. The van der Waals surface area contributed by atoms with Crippen molar-refractivity contribution in [1.82, 2.24) is 15.1 Å². The molecule has 6 nitrogen and oxygen atoms in total. The molecule has 2 heterocycles. The lowest BCUT2D eigenvalue weighted by molar-refractivity contribution is -0.125. The van der Waals surface area contributed by atoms with E-state index >= 15 is 0 Å². The quantitative estimate of drug-likeness (QED) is 0.651. The van der Waals surface area contributed by atoms with Crippen molar-refractivity contribution in [2.75, 3.05) is 32.7 Å². The number of thioether (sulfide) groups is 1. The van der Waals surface area contributed by atoms with Gasteiger partial charge in [0.05, 0.1) is 11.4 Å². The SMILES string of the molecule is CC1CC(C)CN(CC(=O)NCCN2C(=O)S/C(=C\c3ccc(C(C)(C)C)cc3)C2=O)C1. The van der Waals surface area contributed by atoms with Crippen LogP contribution >= 0.6 is 11.8 Å². The molecule has 0 aliphatic carbocycles. The van der Waals surface area contributed by atoms with Crippen LogP contribution in [0.5, 0.6) is 0 Å². The van der Waals surface area contributed by atoms with Crippen LogP contribution in [-0.2, 0) is 15.0 Å². The molecule has 2 saturated heterocycles. The van der Waals surface area contributed by atoms with Gasteiger partial charge in [-0.05, 0) is 52.6 Å². The Morgan fingerprint density at radius 1 is 1.12 bits per heavy atom. The van der Waals surface area contributed by atoms with Gasteiger partial charge in [0, 0.05) is 26.2 Å². The van der Waals surface area contributed by atoms with Gasteiger partial charge in [-0.25, -0.2) is 0 Å². The molecule has 0 aromatic heterocycles. The van der Waals surface area contributed by atoms with Crippen LogP contribution in [0.4, 0.5) is 4.79 Å². The Morgan fingerprint density at radius 3 is 2.34 bits per heavy atom. The largest absolute Gasteiger partial charge is 0.353 e. The molecule has 2 aliphatic heterocycles. The van der Waals surface area contributed by atoms with Crippen molar-refractivity contribution in [2.24, 2.45) is 11.8 Å². The Balaban J connectivity index is 1.50. The predicted molar refractivity (Wildman–Crippen MR) is 130 cm³/mol. The Kier molecular flexibility index (Phi) is 7.83. The minimum atomic E-state index is -0.298.